The minimum absolute atomic E-state index is 0.00863. The third kappa shape index (κ3) is 4.35. The van der Waals surface area contributed by atoms with Gasteiger partial charge in [0, 0.05) is 27.5 Å². The summed E-state index contributed by atoms with van der Waals surface area (Å²) in [5, 5.41) is 5.59. The van der Waals surface area contributed by atoms with Gasteiger partial charge in [0.1, 0.15) is 0 Å². The van der Waals surface area contributed by atoms with Crippen molar-refractivity contribution in [2.45, 2.75) is 0 Å². The Bertz CT molecular complexity index is 3200. The van der Waals surface area contributed by atoms with Gasteiger partial charge in [-0.3, -0.25) is 0 Å². The lowest BCUT2D eigenvalue weighted by atomic mass is 9.92. The Balaban J connectivity index is 1.47. The molecule has 228 valence electrons. The molecule has 0 radical (unpaired) electrons. The molecule has 0 aliphatic rings. The van der Waals surface area contributed by atoms with Gasteiger partial charge in [-0.05, 0) is 56.5 Å². The van der Waals surface area contributed by atoms with Gasteiger partial charge in [-0.2, -0.15) is 0 Å². The van der Waals surface area contributed by atoms with Crippen LogP contribution in [0.5, 0.6) is 0 Å². The van der Waals surface area contributed by atoms with Crippen molar-refractivity contribution in [3.63, 3.8) is 0 Å². The quantitative estimate of drug-likeness (QED) is 0.181. The van der Waals surface area contributed by atoms with Crippen LogP contribution in [0.4, 0.5) is 0 Å². The topological polar surface area (TPSA) is 43.6 Å². The Hall–Kier alpha value is -6.65. The molecule has 8 aromatic carbocycles. The molecule has 49 heavy (non-hydrogen) atoms. The van der Waals surface area contributed by atoms with Gasteiger partial charge in [-0.15, -0.1) is 0 Å². The van der Waals surface area contributed by atoms with Crippen LogP contribution in [-0.2, 0) is 0 Å². The predicted molar refractivity (Wildman–Crippen MR) is 203 cm³/mol. The molecule has 0 bridgehead atoms. The zero-order valence-corrected chi connectivity index (χ0v) is 25.8. The molecule has 0 aliphatic carbocycles. The summed E-state index contributed by atoms with van der Waals surface area (Å²) in [6.45, 7) is 0. The van der Waals surface area contributed by atoms with E-state index in [-0.39, 0.29) is 39.7 Å². The first kappa shape index (κ1) is 20.6. The summed E-state index contributed by atoms with van der Waals surface area (Å²) in [5.41, 5.74) is 2.33. The average molecular weight is 633 g/mol. The Labute approximate surface area is 293 Å². The van der Waals surface area contributed by atoms with Crippen LogP contribution in [0.3, 0.4) is 0 Å². The molecule has 10 aromatic rings. The number of hydrogen-bond donors (Lipinski definition) is 0. The van der Waals surface area contributed by atoms with Crippen molar-refractivity contribution in [1.82, 2.24) is 19.5 Å². The molecule has 0 spiro atoms. The molecule has 10 rings (SSSR count). The molecule has 0 unspecified atom stereocenters. The van der Waals surface area contributed by atoms with E-state index in [4.69, 9.17) is 23.2 Å². The molecule has 4 heteroatoms. The second-order valence-corrected chi connectivity index (χ2v) is 11.8. The van der Waals surface area contributed by atoms with E-state index in [1.807, 2.05) is 103 Å². The van der Waals surface area contributed by atoms with E-state index in [0.29, 0.717) is 22.9 Å². The third-order valence-electron chi connectivity index (χ3n) is 9.07. The van der Waals surface area contributed by atoms with Crippen LogP contribution in [0.2, 0.25) is 0 Å². The first-order valence-corrected chi connectivity index (χ1v) is 15.9. The van der Waals surface area contributed by atoms with Gasteiger partial charge in [-0.25, -0.2) is 15.0 Å². The highest BCUT2D eigenvalue weighted by molar-refractivity contribution is 6.26. The van der Waals surface area contributed by atoms with Crippen LogP contribution >= 0.6 is 0 Å². The maximum atomic E-state index is 9.30. The molecule has 4 nitrogen and oxygen atoms in total. The fourth-order valence-corrected chi connectivity index (χ4v) is 6.89. The van der Waals surface area contributed by atoms with E-state index < -0.39 is 36.3 Å². The molecular weight excluding hydrogens is 597 g/mol. The summed E-state index contributed by atoms with van der Waals surface area (Å²) < 4.78 is 73.1. The monoisotopic (exact) mass is 632 g/mol. The molecule has 0 atom stereocenters. The summed E-state index contributed by atoms with van der Waals surface area (Å²) in [5.74, 6) is 1.06. The van der Waals surface area contributed by atoms with Crippen LogP contribution in [0.1, 0.15) is 11.0 Å². The molecule has 0 saturated heterocycles. The molecule has 2 aromatic heterocycles. The van der Waals surface area contributed by atoms with E-state index >= 15 is 0 Å². The number of nitrogens with zero attached hydrogens (tertiary/aromatic N) is 4. The molecule has 0 N–H and O–H groups in total. The van der Waals surface area contributed by atoms with Gasteiger partial charge in [-0.1, -0.05) is 145 Å². The summed E-state index contributed by atoms with van der Waals surface area (Å²) in [7, 11) is 0. The predicted octanol–water partition coefficient (Wildman–Crippen LogP) is 11.4. The van der Waals surface area contributed by atoms with Crippen LogP contribution in [-0.4, -0.2) is 19.5 Å². The molecule has 2 heterocycles. The fraction of sp³-hybridized carbons (Fsp3) is 0. The number of aromatic nitrogens is 4. The van der Waals surface area contributed by atoms with Crippen LogP contribution in [0.15, 0.2) is 170 Å². The summed E-state index contributed by atoms with van der Waals surface area (Å²) >= 11 is 0. The number of benzene rings is 8. The highest BCUT2D eigenvalue weighted by atomic mass is 15.1. The fourth-order valence-electron chi connectivity index (χ4n) is 6.89. The number of para-hydroxylation sites is 2. The standard InChI is InChI=1S/C45H28N4/c1-3-15-29(16-4-1)43-46-44(30-17-5-2-6-18-30)48-45(47-43)39-27-37-33-21-9-7-19-31(33)32-20-8-10-22-34(32)38(37)28-42(39)49-40-25-13-11-23-35(40)36-24-12-14-26-41(36)49/h1-28H/i11D,12D,13D,14D,23D,24D,25D,26D. The second kappa shape index (κ2) is 11.0. The maximum Gasteiger partial charge on any atom is 0.166 e. The van der Waals surface area contributed by atoms with Crippen molar-refractivity contribution in [3.8, 4) is 39.9 Å². The Morgan fingerprint density at radius 2 is 0.796 bits per heavy atom. The van der Waals surface area contributed by atoms with Gasteiger partial charge >= 0.3 is 0 Å². The lowest BCUT2D eigenvalue weighted by molar-refractivity contribution is 1.07. The zero-order chi connectivity index (χ0) is 39.3. The number of rotatable bonds is 4. The summed E-state index contributed by atoms with van der Waals surface area (Å²) in [6, 6.07) is 35.5. The Morgan fingerprint density at radius 1 is 0.388 bits per heavy atom. The number of hydrogen-bond acceptors (Lipinski definition) is 3. The highest BCUT2D eigenvalue weighted by Crippen LogP contribution is 2.42. The van der Waals surface area contributed by atoms with E-state index in [0.717, 1.165) is 43.4 Å². The van der Waals surface area contributed by atoms with Crippen LogP contribution in [0.25, 0.3) is 94.0 Å². The molecule has 0 aliphatic heterocycles. The van der Waals surface area contributed by atoms with Crippen molar-refractivity contribution in [2.24, 2.45) is 0 Å². The summed E-state index contributed by atoms with van der Waals surface area (Å²) in [4.78, 5) is 15.1. The zero-order valence-electron chi connectivity index (χ0n) is 33.8. The highest BCUT2D eigenvalue weighted by Gasteiger charge is 2.21. The number of fused-ring (bicyclic) bond motifs is 9. The SMILES string of the molecule is [2H]c1c([2H])c([2H])c2c(c1[2H])c1c([2H])c([2H])c([2H])c([2H])c1n2-c1cc2c3ccccc3c3ccccc3c2cc1-c1nc(-c2ccccc2)nc(-c2ccccc2)n1. The minimum atomic E-state index is -0.507. The lowest BCUT2D eigenvalue weighted by Crippen LogP contribution is -2.04. The van der Waals surface area contributed by atoms with Gasteiger partial charge in [0.2, 0.25) is 0 Å². The molecular formula is C45H28N4. The summed E-state index contributed by atoms with van der Waals surface area (Å²) in [6.07, 6.45) is 0. The molecule has 0 fully saturated rings. The van der Waals surface area contributed by atoms with Crippen molar-refractivity contribution in [3.05, 3.63) is 170 Å². The van der Waals surface area contributed by atoms with Gasteiger partial charge in [0.25, 0.3) is 0 Å². The first-order valence-electron chi connectivity index (χ1n) is 19.9. The van der Waals surface area contributed by atoms with Gasteiger partial charge < -0.3 is 4.57 Å². The van der Waals surface area contributed by atoms with E-state index in [9.17, 15) is 2.74 Å². The van der Waals surface area contributed by atoms with Crippen molar-refractivity contribution < 1.29 is 11.0 Å². The van der Waals surface area contributed by atoms with Gasteiger partial charge in [0.15, 0.2) is 17.5 Å². The molecule has 0 amide bonds. The Kier molecular flexibility index (Phi) is 4.60. The van der Waals surface area contributed by atoms with E-state index in [2.05, 4.69) is 18.2 Å². The Morgan fingerprint density at radius 3 is 1.31 bits per heavy atom. The second-order valence-electron chi connectivity index (χ2n) is 11.8. The normalized spacial score (nSPS) is 14.0. The minimum Gasteiger partial charge on any atom is -0.308 e. The van der Waals surface area contributed by atoms with E-state index in [1.54, 1.807) is 4.57 Å². The lowest BCUT2D eigenvalue weighted by Gasteiger charge is -2.18. The largest absolute Gasteiger partial charge is 0.308 e. The molecule has 0 saturated carbocycles. The van der Waals surface area contributed by atoms with Crippen molar-refractivity contribution in [1.29, 1.82) is 0 Å². The van der Waals surface area contributed by atoms with Crippen molar-refractivity contribution in [2.75, 3.05) is 0 Å². The maximum absolute atomic E-state index is 9.30. The smallest absolute Gasteiger partial charge is 0.166 e. The third-order valence-corrected chi connectivity index (χ3v) is 9.07. The van der Waals surface area contributed by atoms with Gasteiger partial charge in [0.05, 0.1) is 27.7 Å². The van der Waals surface area contributed by atoms with Crippen LogP contribution in [0, 0.1) is 0 Å². The van der Waals surface area contributed by atoms with Crippen molar-refractivity contribution >= 4 is 54.1 Å². The van der Waals surface area contributed by atoms with E-state index in [1.165, 1.54) is 0 Å². The average Bonchev–Trinajstić information content (AvgIpc) is 3.63. The van der Waals surface area contributed by atoms with Crippen LogP contribution < -0.4 is 0 Å². The first-order chi connectivity index (χ1) is 27.6.